The third kappa shape index (κ3) is 4.66. The summed E-state index contributed by atoms with van der Waals surface area (Å²) in [4.78, 5) is 42.1. The van der Waals surface area contributed by atoms with E-state index in [9.17, 15) is 14.4 Å². The predicted octanol–water partition coefficient (Wildman–Crippen LogP) is 1.83. The zero-order chi connectivity index (χ0) is 22.9. The number of carbonyl (C=O) groups is 3. The summed E-state index contributed by atoms with van der Waals surface area (Å²) in [6.45, 7) is 5.51. The standard InChI is InChI=1S/C21H30ClN5O4/c1-13-12-26(17(28)6-7-21(2)19(29)23-20(30)24-21)8-9-27(13)14-10-15(25(3)4)18(22)16(11-14)31-5/h10-11,13H,6-9,12H2,1-5H3,(H2,23,24,29,30)/t13-,21+/m0/s1. The van der Waals surface area contributed by atoms with Crippen molar-refractivity contribution in [1.82, 2.24) is 15.5 Å². The molecule has 0 bridgehead atoms. The van der Waals surface area contributed by atoms with Gasteiger partial charge in [0.2, 0.25) is 5.91 Å². The first-order valence-corrected chi connectivity index (χ1v) is 10.7. The molecule has 2 fully saturated rings. The maximum absolute atomic E-state index is 12.8. The maximum Gasteiger partial charge on any atom is 0.322 e. The van der Waals surface area contributed by atoms with Crippen LogP contribution in [-0.4, -0.2) is 75.2 Å². The van der Waals surface area contributed by atoms with Crippen LogP contribution in [0.15, 0.2) is 12.1 Å². The quantitative estimate of drug-likeness (QED) is 0.641. The van der Waals surface area contributed by atoms with Gasteiger partial charge in [0.15, 0.2) is 0 Å². The van der Waals surface area contributed by atoms with E-state index in [2.05, 4.69) is 22.5 Å². The van der Waals surface area contributed by atoms with Gasteiger partial charge in [-0.25, -0.2) is 4.79 Å². The van der Waals surface area contributed by atoms with Gasteiger partial charge >= 0.3 is 6.03 Å². The minimum atomic E-state index is -1.04. The van der Waals surface area contributed by atoms with Crippen molar-refractivity contribution < 1.29 is 19.1 Å². The number of halogens is 1. The molecule has 1 aromatic carbocycles. The van der Waals surface area contributed by atoms with Gasteiger partial charge in [-0.15, -0.1) is 0 Å². The number of hydrogen-bond acceptors (Lipinski definition) is 6. The number of nitrogens with zero attached hydrogens (tertiary/aromatic N) is 3. The average molecular weight is 452 g/mol. The Morgan fingerprint density at radius 3 is 2.58 bits per heavy atom. The number of hydrogen-bond donors (Lipinski definition) is 2. The van der Waals surface area contributed by atoms with Crippen LogP contribution in [-0.2, 0) is 9.59 Å². The lowest BCUT2D eigenvalue weighted by molar-refractivity contribution is -0.132. The van der Waals surface area contributed by atoms with Crippen molar-refractivity contribution in [3.63, 3.8) is 0 Å². The normalized spacial score (nSPS) is 23.5. The van der Waals surface area contributed by atoms with Crippen LogP contribution in [0.4, 0.5) is 16.2 Å². The molecule has 0 radical (unpaired) electrons. The highest BCUT2D eigenvalue weighted by atomic mass is 35.5. The van der Waals surface area contributed by atoms with Crippen LogP contribution in [0.25, 0.3) is 0 Å². The Morgan fingerprint density at radius 2 is 2.03 bits per heavy atom. The molecule has 2 saturated heterocycles. The van der Waals surface area contributed by atoms with Crippen molar-refractivity contribution in [2.24, 2.45) is 0 Å². The number of rotatable bonds is 6. The zero-order valence-corrected chi connectivity index (χ0v) is 19.4. The monoisotopic (exact) mass is 451 g/mol. The van der Waals surface area contributed by atoms with Gasteiger partial charge in [-0.05, 0) is 26.3 Å². The van der Waals surface area contributed by atoms with Crippen molar-refractivity contribution in [3.8, 4) is 5.75 Å². The lowest BCUT2D eigenvalue weighted by Gasteiger charge is -2.42. The highest BCUT2D eigenvalue weighted by Gasteiger charge is 2.42. The predicted molar refractivity (Wildman–Crippen MR) is 120 cm³/mol. The number of piperazine rings is 1. The minimum Gasteiger partial charge on any atom is -0.495 e. The average Bonchev–Trinajstić information content (AvgIpc) is 2.97. The van der Waals surface area contributed by atoms with Crippen LogP contribution in [0.5, 0.6) is 5.75 Å². The van der Waals surface area contributed by atoms with Gasteiger partial charge in [0.25, 0.3) is 5.91 Å². The molecule has 4 amide bonds. The lowest BCUT2D eigenvalue weighted by atomic mass is 9.95. The summed E-state index contributed by atoms with van der Waals surface area (Å²) in [5.74, 6) is 0.194. The SMILES string of the molecule is COc1cc(N2CCN(C(=O)CC[C@@]3(C)NC(=O)NC3=O)C[C@@H]2C)cc(N(C)C)c1Cl. The van der Waals surface area contributed by atoms with E-state index in [0.29, 0.717) is 30.4 Å². The topological polar surface area (TPSA) is 94.2 Å². The van der Waals surface area contributed by atoms with Gasteiger partial charge in [-0.3, -0.25) is 14.9 Å². The summed E-state index contributed by atoms with van der Waals surface area (Å²) in [6, 6.07) is 3.52. The molecule has 0 aromatic heterocycles. The summed E-state index contributed by atoms with van der Waals surface area (Å²) < 4.78 is 5.46. The van der Waals surface area contributed by atoms with Crippen molar-refractivity contribution in [3.05, 3.63) is 17.2 Å². The first-order valence-electron chi connectivity index (χ1n) is 10.3. The van der Waals surface area contributed by atoms with Crippen LogP contribution >= 0.6 is 11.6 Å². The van der Waals surface area contributed by atoms with Crippen LogP contribution < -0.4 is 25.2 Å². The Hall–Kier alpha value is -2.68. The Bertz CT molecular complexity index is 893. The largest absolute Gasteiger partial charge is 0.495 e. The molecule has 10 heteroatoms. The molecule has 2 aliphatic heterocycles. The van der Waals surface area contributed by atoms with E-state index >= 15 is 0 Å². The molecule has 2 aliphatic rings. The molecule has 0 unspecified atom stereocenters. The molecule has 0 saturated carbocycles. The van der Waals surface area contributed by atoms with Crippen LogP contribution in [0.2, 0.25) is 5.02 Å². The molecule has 2 N–H and O–H groups in total. The van der Waals surface area contributed by atoms with E-state index in [1.54, 1.807) is 14.0 Å². The van der Waals surface area contributed by atoms with Crippen molar-refractivity contribution >= 4 is 40.8 Å². The molecule has 2 heterocycles. The van der Waals surface area contributed by atoms with Crippen LogP contribution in [0.3, 0.4) is 0 Å². The Balaban J connectivity index is 1.66. The number of urea groups is 1. The van der Waals surface area contributed by atoms with Crippen molar-refractivity contribution in [2.75, 3.05) is 50.6 Å². The molecular weight excluding hydrogens is 422 g/mol. The number of ether oxygens (including phenoxy) is 1. The van der Waals surface area contributed by atoms with Crippen LogP contribution in [0, 0.1) is 0 Å². The summed E-state index contributed by atoms with van der Waals surface area (Å²) in [6.07, 6.45) is 0.453. The van der Waals surface area contributed by atoms with E-state index in [1.165, 1.54) is 0 Å². The van der Waals surface area contributed by atoms with Gasteiger partial charge < -0.3 is 24.8 Å². The number of methoxy groups -OCH3 is 1. The Kier molecular flexibility index (Phi) is 6.54. The second-order valence-electron chi connectivity index (χ2n) is 8.50. The number of benzene rings is 1. The first kappa shape index (κ1) is 23.0. The summed E-state index contributed by atoms with van der Waals surface area (Å²) in [7, 11) is 5.45. The molecule has 0 spiro atoms. The summed E-state index contributed by atoms with van der Waals surface area (Å²) in [5.41, 5.74) is 0.817. The minimum absolute atomic E-state index is 0.0238. The first-order chi connectivity index (χ1) is 14.6. The molecule has 3 rings (SSSR count). The summed E-state index contributed by atoms with van der Waals surface area (Å²) >= 11 is 6.44. The van der Waals surface area contributed by atoms with Crippen molar-refractivity contribution in [2.45, 2.75) is 38.3 Å². The van der Waals surface area contributed by atoms with Gasteiger partial charge in [0, 0.05) is 57.9 Å². The number of nitrogens with one attached hydrogen (secondary N) is 2. The number of carbonyl (C=O) groups excluding carboxylic acids is 3. The highest BCUT2D eigenvalue weighted by molar-refractivity contribution is 6.35. The second-order valence-corrected chi connectivity index (χ2v) is 8.88. The molecule has 1 aromatic rings. The van der Waals surface area contributed by atoms with Gasteiger partial charge in [-0.1, -0.05) is 11.6 Å². The number of anilines is 2. The number of imide groups is 1. The highest BCUT2D eigenvalue weighted by Crippen LogP contribution is 2.39. The molecule has 31 heavy (non-hydrogen) atoms. The summed E-state index contributed by atoms with van der Waals surface area (Å²) in [5, 5.41) is 5.39. The molecule has 2 atom stereocenters. The van der Waals surface area contributed by atoms with Crippen LogP contribution in [0.1, 0.15) is 26.7 Å². The maximum atomic E-state index is 12.8. The zero-order valence-electron chi connectivity index (χ0n) is 18.6. The fourth-order valence-corrected chi connectivity index (χ4v) is 4.40. The fraction of sp³-hybridized carbons (Fsp3) is 0.571. The van der Waals surface area contributed by atoms with E-state index in [-0.39, 0.29) is 24.8 Å². The van der Waals surface area contributed by atoms with Gasteiger partial charge in [0.1, 0.15) is 16.3 Å². The molecule has 170 valence electrons. The van der Waals surface area contributed by atoms with Gasteiger partial charge in [0.05, 0.1) is 12.8 Å². The molecule has 0 aliphatic carbocycles. The third-order valence-electron chi connectivity index (χ3n) is 5.97. The fourth-order valence-electron chi connectivity index (χ4n) is 4.05. The Morgan fingerprint density at radius 1 is 1.32 bits per heavy atom. The van der Waals surface area contributed by atoms with E-state index in [4.69, 9.17) is 16.3 Å². The second kappa shape index (κ2) is 8.82. The third-order valence-corrected chi connectivity index (χ3v) is 6.35. The Labute approximate surface area is 187 Å². The molecule has 9 nitrogen and oxygen atoms in total. The van der Waals surface area contributed by atoms with E-state index < -0.39 is 17.5 Å². The number of amides is 4. The lowest BCUT2D eigenvalue weighted by Crippen LogP contribution is -2.54. The smallest absolute Gasteiger partial charge is 0.322 e. The molecular formula is C21H30ClN5O4. The van der Waals surface area contributed by atoms with Crippen molar-refractivity contribution in [1.29, 1.82) is 0 Å². The van der Waals surface area contributed by atoms with Gasteiger partial charge in [-0.2, -0.15) is 0 Å². The van der Waals surface area contributed by atoms with E-state index in [0.717, 1.165) is 11.4 Å². The van der Waals surface area contributed by atoms with E-state index in [1.807, 2.05) is 36.0 Å².